The van der Waals surface area contributed by atoms with E-state index in [1.54, 1.807) is 47.7 Å². The molecule has 0 aliphatic carbocycles. The van der Waals surface area contributed by atoms with Crippen molar-refractivity contribution in [1.82, 2.24) is 4.98 Å². The minimum atomic E-state index is -3.50. The van der Waals surface area contributed by atoms with Gasteiger partial charge in [0.05, 0.1) is 21.2 Å². The highest BCUT2D eigenvalue weighted by Crippen LogP contribution is 2.29. The van der Waals surface area contributed by atoms with Crippen LogP contribution in [0.2, 0.25) is 5.02 Å². The van der Waals surface area contributed by atoms with E-state index in [9.17, 15) is 18.0 Å². The minimum Gasteiger partial charge on any atom is -0.480 e. The second-order valence-electron chi connectivity index (χ2n) is 10.2. The van der Waals surface area contributed by atoms with E-state index in [-0.39, 0.29) is 22.1 Å². The van der Waals surface area contributed by atoms with E-state index in [1.165, 1.54) is 24.3 Å². The fourth-order valence-corrected chi connectivity index (χ4v) is 6.83. The Morgan fingerprint density at radius 3 is 2.48 bits per heavy atom. The van der Waals surface area contributed by atoms with Crippen molar-refractivity contribution in [3.05, 3.63) is 130 Å². The summed E-state index contributed by atoms with van der Waals surface area (Å²) < 4.78 is 30.9. The van der Waals surface area contributed by atoms with Gasteiger partial charge in [0, 0.05) is 16.8 Å². The number of aryl methyl sites for hydroxylation is 1. The molecule has 0 aliphatic rings. The van der Waals surface area contributed by atoms with Gasteiger partial charge in [0.2, 0.25) is 0 Å². The summed E-state index contributed by atoms with van der Waals surface area (Å²) in [5, 5.41) is 13.2. The summed E-state index contributed by atoms with van der Waals surface area (Å²) >= 11 is 7.44. The predicted molar refractivity (Wildman–Crippen MR) is 182 cm³/mol. The third-order valence-electron chi connectivity index (χ3n) is 6.84. The quantitative estimate of drug-likeness (QED) is 0.131. The number of aliphatic carboxylic acids is 1. The lowest BCUT2D eigenvalue weighted by atomic mass is 10.1. The Labute approximate surface area is 275 Å². The van der Waals surface area contributed by atoms with Crippen molar-refractivity contribution in [2.75, 3.05) is 17.7 Å². The second-order valence-corrected chi connectivity index (χ2v) is 13.8. The lowest BCUT2D eigenvalue weighted by molar-refractivity contribution is -0.139. The van der Waals surface area contributed by atoms with Crippen LogP contribution in [0.25, 0.3) is 22.6 Å². The fourth-order valence-electron chi connectivity index (χ4n) is 4.57. The molecule has 0 bridgehead atoms. The number of rotatable bonds is 13. The molecule has 0 unspecified atom stereocenters. The molecular weight excluding hydrogens is 644 g/mol. The van der Waals surface area contributed by atoms with Crippen LogP contribution in [0.5, 0.6) is 5.75 Å². The van der Waals surface area contributed by atoms with Gasteiger partial charge in [-0.05, 0) is 84.1 Å². The number of amides is 1. The minimum absolute atomic E-state index is 0.0809. The predicted octanol–water partition coefficient (Wildman–Crippen LogP) is 7.76. The number of nitrogens with zero attached hydrogens (tertiary/aromatic N) is 1. The number of halogens is 1. The molecular formula is C35H29ClN2O6S2. The molecule has 0 atom stereocenters. The number of sulfone groups is 1. The van der Waals surface area contributed by atoms with Crippen LogP contribution < -0.4 is 10.1 Å². The molecule has 0 saturated heterocycles. The topological polar surface area (TPSA) is 123 Å². The van der Waals surface area contributed by atoms with Gasteiger partial charge in [-0.15, -0.1) is 11.3 Å². The van der Waals surface area contributed by atoms with E-state index in [0.717, 1.165) is 26.6 Å². The maximum absolute atomic E-state index is 13.3. The molecule has 5 rings (SSSR count). The number of aromatic nitrogens is 1. The molecule has 2 N–H and O–H groups in total. The van der Waals surface area contributed by atoms with Crippen LogP contribution in [0.15, 0.2) is 108 Å². The first-order valence-corrected chi connectivity index (χ1v) is 17.1. The lowest BCUT2D eigenvalue weighted by Gasteiger charge is -2.14. The highest BCUT2D eigenvalue weighted by atomic mass is 35.5. The Morgan fingerprint density at radius 1 is 0.935 bits per heavy atom. The number of carbonyl (C=O) groups excluding carboxylic acids is 1. The maximum Gasteiger partial charge on any atom is 0.341 e. The highest BCUT2D eigenvalue weighted by molar-refractivity contribution is 7.91. The number of anilines is 1. The van der Waals surface area contributed by atoms with Gasteiger partial charge in [0.25, 0.3) is 5.91 Å². The monoisotopic (exact) mass is 672 g/mol. The van der Waals surface area contributed by atoms with Crippen LogP contribution >= 0.6 is 22.9 Å². The molecule has 0 fully saturated rings. The smallest absolute Gasteiger partial charge is 0.341 e. The molecule has 11 heteroatoms. The molecule has 1 aromatic heterocycles. The van der Waals surface area contributed by atoms with Crippen molar-refractivity contribution in [2.45, 2.75) is 17.7 Å². The SMILES string of the molecule is O=C(O)COc1ccc(CCCS(=O)(=O)c2ccc(Cl)cc2)cc1NC(=O)c1cccc(/C=C/c2ncc(-c3ccccc3)s2)c1. The van der Waals surface area contributed by atoms with Crippen molar-refractivity contribution < 1.29 is 27.9 Å². The molecule has 46 heavy (non-hydrogen) atoms. The average Bonchev–Trinajstić information content (AvgIpc) is 3.53. The maximum atomic E-state index is 13.3. The van der Waals surface area contributed by atoms with Gasteiger partial charge in [-0.3, -0.25) is 4.79 Å². The zero-order chi connectivity index (χ0) is 32.5. The van der Waals surface area contributed by atoms with Crippen LogP contribution in [0.3, 0.4) is 0 Å². The van der Waals surface area contributed by atoms with E-state index >= 15 is 0 Å². The summed E-state index contributed by atoms with van der Waals surface area (Å²) in [6, 6.07) is 28.0. The number of carbonyl (C=O) groups is 2. The Bertz CT molecular complexity index is 1970. The molecule has 1 amide bonds. The van der Waals surface area contributed by atoms with E-state index in [4.69, 9.17) is 21.4 Å². The largest absolute Gasteiger partial charge is 0.480 e. The van der Waals surface area contributed by atoms with Gasteiger partial charge in [-0.25, -0.2) is 18.2 Å². The molecule has 8 nitrogen and oxygen atoms in total. The van der Waals surface area contributed by atoms with Crippen molar-refractivity contribution in [1.29, 1.82) is 0 Å². The van der Waals surface area contributed by atoms with Crippen molar-refractivity contribution >= 4 is 62.5 Å². The summed E-state index contributed by atoms with van der Waals surface area (Å²) in [6.45, 7) is -0.593. The van der Waals surface area contributed by atoms with Gasteiger partial charge in [0.15, 0.2) is 16.4 Å². The van der Waals surface area contributed by atoms with Crippen LogP contribution in [0, 0.1) is 0 Å². The average molecular weight is 673 g/mol. The first kappa shape index (κ1) is 32.6. The van der Waals surface area contributed by atoms with E-state index < -0.39 is 28.3 Å². The first-order chi connectivity index (χ1) is 22.2. The Kier molecular flexibility index (Phi) is 10.6. The molecule has 1 heterocycles. The number of ether oxygens (including phenoxy) is 1. The first-order valence-electron chi connectivity index (χ1n) is 14.2. The van der Waals surface area contributed by atoms with Gasteiger partial charge in [-0.2, -0.15) is 0 Å². The molecule has 0 aliphatic heterocycles. The third kappa shape index (κ3) is 8.91. The second kappa shape index (κ2) is 15.0. The molecule has 5 aromatic rings. The number of carboxylic acids is 1. The zero-order valence-corrected chi connectivity index (χ0v) is 26.8. The zero-order valence-electron chi connectivity index (χ0n) is 24.4. The van der Waals surface area contributed by atoms with Gasteiger partial charge < -0.3 is 15.2 Å². The lowest BCUT2D eigenvalue weighted by Crippen LogP contribution is -2.15. The van der Waals surface area contributed by atoms with Crippen molar-refractivity contribution in [2.24, 2.45) is 0 Å². The Hall–Kier alpha value is -4.77. The van der Waals surface area contributed by atoms with Crippen molar-refractivity contribution in [3.63, 3.8) is 0 Å². The van der Waals surface area contributed by atoms with E-state index in [0.29, 0.717) is 23.4 Å². The summed E-state index contributed by atoms with van der Waals surface area (Å²) in [6.07, 6.45) is 6.33. The van der Waals surface area contributed by atoms with Gasteiger partial charge in [-0.1, -0.05) is 66.2 Å². The van der Waals surface area contributed by atoms with Crippen molar-refractivity contribution in [3.8, 4) is 16.2 Å². The molecule has 4 aromatic carbocycles. The van der Waals surface area contributed by atoms with Gasteiger partial charge in [0.1, 0.15) is 10.8 Å². The Morgan fingerprint density at radius 2 is 1.72 bits per heavy atom. The number of hydrogen-bond acceptors (Lipinski definition) is 7. The normalized spacial score (nSPS) is 11.4. The van der Waals surface area contributed by atoms with Crippen LogP contribution in [0.4, 0.5) is 5.69 Å². The fraction of sp³-hybridized carbons (Fsp3) is 0.114. The number of carboxylic acid groups (broad SMARTS) is 1. The number of thiazole rings is 1. The number of benzene rings is 4. The van der Waals surface area contributed by atoms with Crippen LogP contribution in [-0.4, -0.2) is 42.7 Å². The Balaban J connectivity index is 1.27. The van der Waals surface area contributed by atoms with Gasteiger partial charge >= 0.3 is 5.97 Å². The number of hydrogen-bond donors (Lipinski definition) is 2. The molecule has 0 spiro atoms. The standard InChI is InChI=1S/C35H29ClN2O6S2/c36-28-13-15-29(16-14-28)46(42,43)19-5-7-25-11-17-31(44-23-34(39)40)30(21-25)38-35(41)27-10-4-6-24(20-27)12-18-33-37-22-32(45-33)26-8-2-1-3-9-26/h1-4,6,8-18,20-22H,5,7,19,23H2,(H,38,41)(H,39,40)/b18-12+. The van der Waals surface area contributed by atoms with Crippen LogP contribution in [0.1, 0.15) is 32.9 Å². The molecule has 0 radical (unpaired) electrons. The summed E-state index contributed by atoms with van der Waals surface area (Å²) in [5.41, 5.74) is 3.30. The number of nitrogens with one attached hydrogen (secondary N) is 1. The molecule has 0 saturated carbocycles. The third-order valence-corrected chi connectivity index (χ3v) is 9.92. The van der Waals surface area contributed by atoms with Crippen LogP contribution in [-0.2, 0) is 21.1 Å². The molecule has 234 valence electrons. The highest BCUT2D eigenvalue weighted by Gasteiger charge is 2.16. The van der Waals surface area contributed by atoms with E-state index in [1.807, 2.05) is 54.7 Å². The summed E-state index contributed by atoms with van der Waals surface area (Å²) in [4.78, 5) is 30.2. The summed E-state index contributed by atoms with van der Waals surface area (Å²) in [5.74, 6) is -1.48. The van der Waals surface area contributed by atoms with E-state index in [2.05, 4.69) is 10.3 Å². The summed E-state index contributed by atoms with van der Waals surface area (Å²) in [7, 11) is -3.50.